The number of primary amides is 1. The van der Waals surface area contributed by atoms with E-state index in [0.29, 0.717) is 23.6 Å². The van der Waals surface area contributed by atoms with E-state index < -0.39 is 5.91 Å². The van der Waals surface area contributed by atoms with E-state index in [1.54, 1.807) is 0 Å². The molecule has 1 fully saturated rings. The topological polar surface area (TPSA) is 75.4 Å². The van der Waals surface area contributed by atoms with Crippen molar-refractivity contribution in [2.45, 2.75) is 31.9 Å². The van der Waals surface area contributed by atoms with Crippen LogP contribution >= 0.6 is 0 Å². The molecule has 1 amide bonds. The minimum Gasteiger partial charge on any atom is -0.393 e. The number of aliphatic hydroxyl groups excluding tert-OH is 1. The molecule has 0 aliphatic heterocycles. The van der Waals surface area contributed by atoms with Gasteiger partial charge in [-0.3, -0.25) is 4.79 Å². The Hall–Kier alpha value is -1.46. The number of hydrogen-bond donors (Lipinski definition) is 3. The van der Waals surface area contributed by atoms with Crippen LogP contribution in [0.3, 0.4) is 0 Å². The van der Waals surface area contributed by atoms with Gasteiger partial charge in [0.1, 0.15) is 5.82 Å². The first-order valence-electron chi connectivity index (χ1n) is 6.53. The molecular formula is C14H19FN2O2. The van der Waals surface area contributed by atoms with Crippen molar-refractivity contribution >= 4 is 5.91 Å². The van der Waals surface area contributed by atoms with Crippen LogP contribution in [0.1, 0.15) is 35.2 Å². The molecule has 0 saturated heterocycles. The minimum atomic E-state index is -0.555. The summed E-state index contributed by atoms with van der Waals surface area (Å²) in [5.74, 6) is -0.457. The number of amides is 1. The highest BCUT2D eigenvalue weighted by Crippen LogP contribution is 2.24. The Morgan fingerprint density at radius 3 is 2.89 bits per heavy atom. The fourth-order valence-corrected chi connectivity index (χ4v) is 2.51. The van der Waals surface area contributed by atoms with Crippen molar-refractivity contribution in [1.29, 1.82) is 0 Å². The summed E-state index contributed by atoms with van der Waals surface area (Å²) < 4.78 is 13.6. The van der Waals surface area contributed by atoms with E-state index in [2.05, 4.69) is 5.32 Å². The number of nitrogens with two attached hydrogens (primary N) is 1. The predicted octanol–water partition coefficient (Wildman–Crippen LogP) is 1.18. The Balaban J connectivity index is 1.88. The lowest BCUT2D eigenvalue weighted by molar-refractivity contribution is 0.1000. The van der Waals surface area contributed by atoms with Gasteiger partial charge in [0.05, 0.1) is 6.10 Å². The van der Waals surface area contributed by atoms with Crippen molar-refractivity contribution < 1.29 is 14.3 Å². The van der Waals surface area contributed by atoms with Gasteiger partial charge in [0.2, 0.25) is 5.91 Å². The van der Waals surface area contributed by atoms with Crippen molar-refractivity contribution in [2.75, 3.05) is 6.54 Å². The van der Waals surface area contributed by atoms with Crippen LogP contribution in [-0.2, 0) is 6.54 Å². The second kappa shape index (κ2) is 6.12. The van der Waals surface area contributed by atoms with Gasteiger partial charge in [0.15, 0.2) is 0 Å². The lowest BCUT2D eigenvalue weighted by Crippen LogP contribution is -2.22. The fraction of sp³-hybridized carbons (Fsp3) is 0.500. The standard InChI is InChI=1S/C14H19FN2O2/c15-13-4-2-10(14(16)19)6-11(13)8-17-7-9-1-3-12(18)5-9/h2,4,6,9,12,17-18H,1,3,5,7-8H2,(H2,16,19). The van der Waals surface area contributed by atoms with Crippen LogP contribution in [0.4, 0.5) is 4.39 Å². The monoisotopic (exact) mass is 266 g/mol. The van der Waals surface area contributed by atoms with Gasteiger partial charge in [0, 0.05) is 17.7 Å². The maximum Gasteiger partial charge on any atom is 0.248 e. The first-order valence-corrected chi connectivity index (χ1v) is 6.53. The molecule has 1 aliphatic carbocycles. The van der Waals surface area contributed by atoms with Crippen LogP contribution in [0.2, 0.25) is 0 Å². The van der Waals surface area contributed by atoms with Crippen LogP contribution in [0.15, 0.2) is 18.2 Å². The van der Waals surface area contributed by atoms with Gasteiger partial charge in [-0.15, -0.1) is 0 Å². The van der Waals surface area contributed by atoms with E-state index in [1.165, 1.54) is 18.2 Å². The number of rotatable bonds is 5. The molecule has 4 N–H and O–H groups in total. The highest BCUT2D eigenvalue weighted by Gasteiger charge is 2.22. The van der Waals surface area contributed by atoms with E-state index in [1.807, 2.05) is 0 Å². The Morgan fingerprint density at radius 1 is 1.47 bits per heavy atom. The van der Waals surface area contributed by atoms with Gasteiger partial charge >= 0.3 is 0 Å². The summed E-state index contributed by atoms with van der Waals surface area (Å²) in [6, 6.07) is 4.12. The summed E-state index contributed by atoms with van der Waals surface area (Å²) in [4.78, 5) is 11.0. The summed E-state index contributed by atoms with van der Waals surface area (Å²) in [6.07, 6.45) is 2.45. The molecule has 0 spiro atoms. The zero-order chi connectivity index (χ0) is 13.8. The molecule has 2 rings (SSSR count). The van der Waals surface area contributed by atoms with E-state index in [0.717, 1.165) is 25.8 Å². The second-order valence-electron chi connectivity index (χ2n) is 5.13. The molecule has 1 aromatic carbocycles. The largest absolute Gasteiger partial charge is 0.393 e. The summed E-state index contributed by atoms with van der Waals surface area (Å²) in [5, 5.41) is 12.6. The normalized spacial score (nSPS) is 22.6. The summed E-state index contributed by atoms with van der Waals surface area (Å²) in [6.45, 7) is 1.11. The molecule has 2 unspecified atom stereocenters. The molecule has 2 atom stereocenters. The lowest BCUT2D eigenvalue weighted by atomic mass is 10.1. The molecule has 104 valence electrons. The predicted molar refractivity (Wildman–Crippen MR) is 70.0 cm³/mol. The van der Waals surface area contributed by atoms with Crippen molar-refractivity contribution in [3.05, 3.63) is 35.1 Å². The van der Waals surface area contributed by atoms with Gasteiger partial charge in [-0.1, -0.05) is 0 Å². The zero-order valence-electron chi connectivity index (χ0n) is 10.7. The smallest absolute Gasteiger partial charge is 0.248 e. The Labute approximate surface area is 111 Å². The van der Waals surface area contributed by atoms with Gasteiger partial charge in [-0.05, 0) is 49.9 Å². The van der Waals surface area contributed by atoms with Crippen molar-refractivity contribution in [3.63, 3.8) is 0 Å². The maximum absolute atomic E-state index is 13.6. The lowest BCUT2D eigenvalue weighted by Gasteiger charge is -2.11. The molecule has 5 heteroatoms. The molecule has 0 bridgehead atoms. The zero-order valence-corrected chi connectivity index (χ0v) is 10.7. The number of nitrogens with one attached hydrogen (secondary N) is 1. The van der Waals surface area contributed by atoms with Crippen molar-refractivity contribution in [2.24, 2.45) is 11.7 Å². The summed E-state index contributed by atoms with van der Waals surface area (Å²) in [5.41, 5.74) is 5.92. The van der Waals surface area contributed by atoms with Crippen LogP contribution in [0.5, 0.6) is 0 Å². The first-order chi connectivity index (χ1) is 9.06. The minimum absolute atomic E-state index is 0.193. The maximum atomic E-state index is 13.6. The summed E-state index contributed by atoms with van der Waals surface area (Å²) >= 11 is 0. The summed E-state index contributed by atoms with van der Waals surface area (Å²) in [7, 11) is 0. The van der Waals surface area contributed by atoms with Gasteiger partial charge in [-0.25, -0.2) is 4.39 Å². The molecule has 1 saturated carbocycles. The molecule has 0 heterocycles. The molecular weight excluding hydrogens is 247 g/mol. The SMILES string of the molecule is NC(=O)c1ccc(F)c(CNCC2CCC(O)C2)c1. The number of carbonyl (C=O) groups excluding carboxylic acids is 1. The molecule has 0 radical (unpaired) electrons. The number of benzene rings is 1. The number of aliphatic hydroxyl groups is 1. The van der Waals surface area contributed by atoms with Gasteiger partial charge in [0.25, 0.3) is 0 Å². The molecule has 0 aromatic heterocycles. The number of carbonyl (C=O) groups is 1. The molecule has 19 heavy (non-hydrogen) atoms. The Morgan fingerprint density at radius 2 is 2.26 bits per heavy atom. The third-order valence-corrected chi connectivity index (χ3v) is 3.59. The van der Waals surface area contributed by atoms with Crippen molar-refractivity contribution in [1.82, 2.24) is 5.32 Å². The van der Waals surface area contributed by atoms with Gasteiger partial charge < -0.3 is 16.2 Å². The van der Waals surface area contributed by atoms with Crippen molar-refractivity contribution in [3.8, 4) is 0 Å². The third kappa shape index (κ3) is 3.75. The quantitative estimate of drug-likeness (QED) is 0.749. The van der Waals surface area contributed by atoms with Crippen LogP contribution in [0, 0.1) is 11.7 Å². The fourth-order valence-electron chi connectivity index (χ4n) is 2.51. The third-order valence-electron chi connectivity index (χ3n) is 3.59. The van der Waals surface area contributed by atoms with Crippen LogP contribution < -0.4 is 11.1 Å². The Bertz CT molecular complexity index is 465. The average molecular weight is 266 g/mol. The number of halogens is 1. The van der Waals surface area contributed by atoms with Crippen LogP contribution in [0.25, 0.3) is 0 Å². The highest BCUT2D eigenvalue weighted by molar-refractivity contribution is 5.92. The van der Waals surface area contributed by atoms with E-state index >= 15 is 0 Å². The Kier molecular flexibility index (Phi) is 4.50. The van der Waals surface area contributed by atoms with Gasteiger partial charge in [-0.2, -0.15) is 0 Å². The van der Waals surface area contributed by atoms with E-state index in [4.69, 9.17) is 5.73 Å². The molecule has 1 aliphatic rings. The van der Waals surface area contributed by atoms with E-state index in [9.17, 15) is 14.3 Å². The molecule has 4 nitrogen and oxygen atoms in total. The number of hydrogen-bond acceptors (Lipinski definition) is 3. The highest BCUT2D eigenvalue weighted by atomic mass is 19.1. The molecule has 1 aromatic rings. The first kappa shape index (κ1) is 14.0. The second-order valence-corrected chi connectivity index (χ2v) is 5.13. The van der Waals surface area contributed by atoms with Crippen LogP contribution in [-0.4, -0.2) is 23.7 Å². The average Bonchev–Trinajstić information content (AvgIpc) is 2.77. The van der Waals surface area contributed by atoms with E-state index in [-0.39, 0.29) is 11.9 Å².